The molecule has 4 nitrogen and oxygen atoms in total. The monoisotopic (exact) mass is 343 g/mol. The molecule has 2 aromatic carbocycles. The summed E-state index contributed by atoms with van der Waals surface area (Å²) in [7, 11) is 1.56. The summed E-state index contributed by atoms with van der Waals surface area (Å²) in [5, 5.41) is 0. The molecular weight excluding hydrogens is 321 g/mol. The summed E-state index contributed by atoms with van der Waals surface area (Å²) in [5.41, 5.74) is 1.02. The highest BCUT2D eigenvalue weighted by atomic mass is 19.1. The Hall–Kier alpha value is -2.40. The van der Waals surface area contributed by atoms with Crippen molar-refractivity contribution >= 4 is 5.91 Å². The van der Waals surface area contributed by atoms with Gasteiger partial charge in [-0.2, -0.15) is 0 Å². The van der Waals surface area contributed by atoms with E-state index in [1.54, 1.807) is 54.5 Å². The molecule has 0 spiro atoms. The van der Waals surface area contributed by atoms with E-state index < -0.39 is 0 Å². The van der Waals surface area contributed by atoms with Crippen LogP contribution in [0.15, 0.2) is 48.5 Å². The summed E-state index contributed by atoms with van der Waals surface area (Å²) < 4.78 is 24.9. The second kappa shape index (κ2) is 8.12. The van der Waals surface area contributed by atoms with Gasteiger partial charge in [-0.25, -0.2) is 4.39 Å². The van der Waals surface area contributed by atoms with Gasteiger partial charge in [0.05, 0.1) is 13.2 Å². The van der Waals surface area contributed by atoms with Gasteiger partial charge in [-0.3, -0.25) is 4.79 Å². The minimum absolute atomic E-state index is 0.00123. The molecular formula is C20H22FNO3. The van der Waals surface area contributed by atoms with Gasteiger partial charge in [0.1, 0.15) is 11.6 Å². The number of rotatable bonds is 6. The zero-order chi connectivity index (χ0) is 17.6. The van der Waals surface area contributed by atoms with Crippen molar-refractivity contribution < 1.29 is 18.7 Å². The molecule has 5 heteroatoms. The first-order valence-electron chi connectivity index (χ1n) is 8.45. The Morgan fingerprint density at radius 2 is 2.12 bits per heavy atom. The lowest BCUT2D eigenvalue weighted by Gasteiger charge is -2.26. The van der Waals surface area contributed by atoms with Crippen molar-refractivity contribution in [3.8, 4) is 5.75 Å². The first-order chi connectivity index (χ1) is 12.2. The van der Waals surface area contributed by atoms with Gasteiger partial charge in [-0.05, 0) is 37.1 Å². The van der Waals surface area contributed by atoms with E-state index in [2.05, 4.69) is 0 Å². The number of carbonyl (C=O) groups excluding carboxylic acids is 1. The third-order valence-electron chi connectivity index (χ3n) is 4.37. The first-order valence-corrected chi connectivity index (χ1v) is 8.45. The van der Waals surface area contributed by atoms with Crippen LogP contribution < -0.4 is 4.74 Å². The third-order valence-corrected chi connectivity index (χ3v) is 4.37. The Morgan fingerprint density at radius 3 is 2.84 bits per heavy atom. The fourth-order valence-electron chi connectivity index (χ4n) is 3.02. The van der Waals surface area contributed by atoms with Crippen molar-refractivity contribution in [3.05, 3.63) is 65.5 Å². The van der Waals surface area contributed by atoms with Crippen LogP contribution in [0.3, 0.4) is 0 Å². The maximum atomic E-state index is 14.1. The van der Waals surface area contributed by atoms with Crippen molar-refractivity contribution in [1.82, 2.24) is 4.90 Å². The zero-order valence-electron chi connectivity index (χ0n) is 14.3. The lowest BCUT2D eigenvalue weighted by atomic mass is 10.1. The molecule has 1 amide bonds. The van der Waals surface area contributed by atoms with E-state index in [9.17, 15) is 9.18 Å². The number of ether oxygens (including phenoxy) is 2. The van der Waals surface area contributed by atoms with Crippen LogP contribution in [0.2, 0.25) is 0 Å². The number of benzene rings is 2. The van der Waals surface area contributed by atoms with Crippen LogP contribution in [0.25, 0.3) is 0 Å². The van der Waals surface area contributed by atoms with Gasteiger partial charge in [-0.15, -0.1) is 0 Å². The van der Waals surface area contributed by atoms with E-state index in [0.29, 0.717) is 30.0 Å². The van der Waals surface area contributed by atoms with Gasteiger partial charge in [0.2, 0.25) is 0 Å². The Morgan fingerprint density at radius 1 is 1.28 bits per heavy atom. The second-order valence-corrected chi connectivity index (χ2v) is 6.14. The molecule has 1 atom stereocenters. The largest absolute Gasteiger partial charge is 0.497 e. The molecule has 1 fully saturated rings. The van der Waals surface area contributed by atoms with E-state index in [0.717, 1.165) is 12.8 Å². The number of methoxy groups -OCH3 is 1. The molecule has 0 N–H and O–H groups in total. The summed E-state index contributed by atoms with van der Waals surface area (Å²) in [4.78, 5) is 14.7. The summed E-state index contributed by atoms with van der Waals surface area (Å²) >= 11 is 0. The van der Waals surface area contributed by atoms with E-state index in [4.69, 9.17) is 9.47 Å². The number of carbonyl (C=O) groups is 1. The average Bonchev–Trinajstić information content (AvgIpc) is 3.15. The van der Waals surface area contributed by atoms with Crippen LogP contribution in [0.5, 0.6) is 5.75 Å². The van der Waals surface area contributed by atoms with Crippen molar-refractivity contribution in [3.63, 3.8) is 0 Å². The average molecular weight is 343 g/mol. The Labute approximate surface area is 147 Å². The van der Waals surface area contributed by atoms with Gasteiger partial charge in [-0.1, -0.05) is 24.3 Å². The van der Waals surface area contributed by atoms with Crippen molar-refractivity contribution in [2.24, 2.45) is 0 Å². The van der Waals surface area contributed by atoms with Crippen LogP contribution >= 0.6 is 0 Å². The highest BCUT2D eigenvalue weighted by Gasteiger charge is 2.24. The molecule has 0 bridgehead atoms. The SMILES string of the molecule is COc1cccc(C(=O)N(Cc2ccccc2F)CC2CCCO2)c1. The first kappa shape index (κ1) is 17.4. The van der Waals surface area contributed by atoms with Gasteiger partial charge in [0.25, 0.3) is 5.91 Å². The summed E-state index contributed by atoms with van der Waals surface area (Å²) in [6.45, 7) is 1.37. The van der Waals surface area contributed by atoms with Crippen molar-refractivity contribution in [2.45, 2.75) is 25.5 Å². The Kier molecular flexibility index (Phi) is 5.66. The predicted molar refractivity (Wildman–Crippen MR) is 93.1 cm³/mol. The number of hydrogen-bond acceptors (Lipinski definition) is 3. The molecule has 25 heavy (non-hydrogen) atoms. The molecule has 1 unspecified atom stereocenters. The highest BCUT2D eigenvalue weighted by molar-refractivity contribution is 5.94. The summed E-state index contributed by atoms with van der Waals surface area (Å²) in [6, 6.07) is 13.6. The molecule has 1 aliphatic rings. The van der Waals surface area contributed by atoms with Gasteiger partial charge in [0, 0.05) is 30.8 Å². The fraction of sp³-hybridized carbons (Fsp3) is 0.350. The third kappa shape index (κ3) is 4.37. The maximum Gasteiger partial charge on any atom is 0.254 e. The quantitative estimate of drug-likeness (QED) is 0.803. The topological polar surface area (TPSA) is 38.8 Å². The predicted octanol–water partition coefficient (Wildman–Crippen LogP) is 3.66. The molecule has 0 radical (unpaired) electrons. The van der Waals surface area contributed by atoms with Crippen molar-refractivity contribution in [2.75, 3.05) is 20.3 Å². The van der Waals surface area contributed by atoms with Crippen LogP contribution in [-0.4, -0.2) is 37.2 Å². The smallest absolute Gasteiger partial charge is 0.254 e. The zero-order valence-corrected chi connectivity index (χ0v) is 14.3. The van der Waals surface area contributed by atoms with Crippen molar-refractivity contribution in [1.29, 1.82) is 0 Å². The van der Waals surface area contributed by atoms with Gasteiger partial charge in [0.15, 0.2) is 0 Å². The molecule has 0 aliphatic carbocycles. The van der Waals surface area contributed by atoms with E-state index >= 15 is 0 Å². The molecule has 132 valence electrons. The Bertz CT molecular complexity index is 728. The lowest BCUT2D eigenvalue weighted by molar-refractivity contribution is 0.0505. The summed E-state index contributed by atoms with van der Waals surface area (Å²) in [5.74, 6) is 0.157. The number of hydrogen-bond donors (Lipinski definition) is 0. The number of halogens is 1. The molecule has 2 aromatic rings. The molecule has 1 aliphatic heterocycles. The van der Waals surface area contributed by atoms with Crippen LogP contribution in [0, 0.1) is 5.82 Å². The Balaban J connectivity index is 1.83. The van der Waals surface area contributed by atoms with Crippen LogP contribution in [-0.2, 0) is 11.3 Å². The maximum absolute atomic E-state index is 14.1. The lowest BCUT2D eigenvalue weighted by Crippen LogP contribution is -2.37. The van der Waals surface area contributed by atoms with Crippen LogP contribution in [0.4, 0.5) is 4.39 Å². The summed E-state index contributed by atoms with van der Waals surface area (Å²) in [6.07, 6.45) is 1.91. The van der Waals surface area contributed by atoms with E-state index in [1.807, 2.05) is 0 Å². The van der Waals surface area contributed by atoms with Crippen LogP contribution in [0.1, 0.15) is 28.8 Å². The number of nitrogens with zero attached hydrogens (tertiary/aromatic N) is 1. The van der Waals surface area contributed by atoms with E-state index in [-0.39, 0.29) is 24.4 Å². The minimum Gasteiger partial charge on any atom is -0.497 e. The highest BCUT2D eigenvalue weighted by Crippen LogP contribution is 2.20. The van der Waals surface area contributed by atoms with Gasteiger partial charge >= 0.3 is 0 Å². The second-order valence-electron chi connectivity index (χ2n) is 6.14. The normalized spacial score (nSPS) is 16.6. The molecule has 3 rings (SSSR count). The van der Waals surface area contributed by atoms with E-state index in [1.165, 1.54) is 6.07 Å². The molecule has 1 saturated heterocycles. The fourth-order valence-corrected chi connectivity index (χ4v) is 3.02. The molecule has 0 saturated carbocycles. The molecule has 0 aromatic heterocycles. The molecule has 1 heterocycles. The van der Waals surface area contributed by atoms with Gasteiger partial charge < -0.3 is 14.4 Å². The number of amides is 1. The minimum atomic E-state index is -0.307. The standard InChI is InChI=1S/C20H22FNO3/c1-24-17-8-4-7-15(12-17)20(23)22(14-18-9-5-11-25-18)13-16-6-2-3-10-19(16)21/h2-4,6-8,10,12,18H,5,9,11,13-14H2,1H3.